The van der Waals surface area contributed by atoms with E-state index in [4.69, 9.17) is 11.6 Å². The smallest absolute Gasteiger partial charge is 0.0235 e. The third-order valence-corrected chi connectivity index (χ3v) is 4.34. The molecule has 16 heavy (non-hydrogen) atoms. The second-order valence-electron chi connectivity index (χ2n) is 5.21. The van der Waals surface area contributed by atoms with Crippen molar-refractivity contribution in [1.82, 2.24) is 9.80 Å². The molecular weight excluding hydrogens is 220 g/mol. The highest BCUT2D eigenvalue weighted by Gasteiger charge is 2.24. The van der Waals surface area contributed by atoms with E-state index in [1.165, 1.54) is 64.8 Å². The number of hydrogen-bond donors (Lipinski definition) is 0. The molecule has 1 saturated heterocycles. The molecule has 0 aromatic heterocycles. The van der Waals surface area contributed by atoms with E-state index < -0.39 is 0 Å². The van der Waals surface area contributed by atoms with Crippen LogP contribution in [-0.2, 0) is 0 Å². The zero-order valence-electron chi connectivity index (χ0n) is 10.3. The van der Waals surface area contributed by atoms with Crippen molar-refractivity contribution in [2.75, 3.05) is 38.6 Å². The van der Waals surface area contributed by atoms with Gasteiger partial charge in [-0.25, -0.2) is 0 Å². The van der Waals surface area contributed by atoms with Crippen LogP contribution in [0.5, 0.6) is 0 Å². The van der Waals surface area contributed by atoms with Crippen LogP contribution in [0.4, 0.5) is 0 Å². The Morgan fingerprint density at radius 3 is 2.38 bits per heavy atom. The molecule has 0 bridgehead atoms. The molecule has 0 atom stereocenters. The Labute approximate surface area is 105 Å². The van der Waals surface area contributed by atoms with Gasteiger partial charge < -0.3 is 4.90 Å². The summed E-state index contributed by atoms with van der Waals surface area (Å²) in [5, 5.41) is 0. The third kappa shape index (κ3) is 3.61. The first-order chi connectivity index (χ1) is 7.90. The van der Waals surface area contributed by atoms with Gasteiger partial charge in [0.05, 0.1) is 0 Å². The van der Waals surface area contributed by atoms with E-state index >= 15 is 0 Å². The minimum atomic E-state index is 0.812. The Balaban J connectivity index is 1.67. The van der Waals surface area contributed by atoms with Gasteiger partial charge in [0.1, 0.15) is 0 Å². The van der Waals surface area contributed by atoms with Gasteiger partial charge in [-0.2, -0.15) is 0 Å². The molecule has 94 valence electrons. The maximum absolute atomic E-state index is 5.80. The molecule has 1 aliphatic carbocycles. The normalized spacial score (nSPS) is 22.9. The third-order valence-electron chi connectivity index (χ3n) is 4.07. The molecule has 0 aromatic carbocycles. The van der Waals surface area contributed by atoms with E-state index in [2.05, 4.69) is 9.80 Å². The Kier molecular flexibility index (Phi) is 5.40. The van der Waals surface area contributed by atoms with Crippen LogP contribution in [0.15, 0.2) is 0 Å². The van der Waals surface area contributed by atoms with Gasteiger partial charge in [0, 0.05) is 25.0 Å². The Hall–Kier alpha value is 0.210. The van der Waals surface area contributed by atoms with E-state index in [-0.39, 0.29) is 0 Å². The van der Waals surface area contributed by atoms with Crippen LogP contribution in [0.2, 0.25) is 0 Å². The average molecular weight is 245 g/mol. The standard InChI is InChI=1S/C13H25ClN2/c14-7-4-10-16(13-5-3-6-13)12-11-15-8-1-2-9-15/h13H,1-12H2. The molecular formula is C13H25ClN2. The van der Waals surface area contributed by atoms with Gasteiger partial charge >= 0.3 is 0 Å². The largest absolute Gasteiger partial charge is 0.302 e. The molecule has 2 nitrogen and oxygen atoms in total. The number of likely N-dealkylation sites (tertiary alicyclic amines) is 1. The predicted octanol–water partition coefficient (Wildman–Crippen LogP) is 2.57. The lowest BCUT2D eigenvalue weighted by Crippen LogP contribution is -2.44. The van der Waals surface area contributed by atoms with E-state index in [0.29, 0.717) is 0 Å². The van der Waals surface area contributed by atoms with Crippen molar-refractivity contribution in [3.8, 4) is 0 Å². The van der Waals surface area contributed by atoms with Crippen molar-refractivity contribution in [3.05, 3.63) is 0 Å². The molecule has 0 unspecified atom stereocenters. The zero-order chi connectivity index (χ0) is 11.2. The van der Waals surface area contributed by atoms with Crippen LogP contribution in [-0.4, -0.2) is 54.4 Å². The topological polar surface area (TPSA) is 6.48 Å². The van der Waals surface area contributed by atoms with Crippen LogP contribution in [0.1, 0.15) is 38.5 Å². The summed E-state index contributed by atoms with van der Waals surface area (Å²) in [6, 6.07) is 0.880. The highest BCUT2D eigenvalue weighted by atomic mass is 35.5. The SMILES string of the molecule is ClCCCN(CCN1CCCC1)C1CCC1. The fourth-order valence-electron chi connectivity index (χ4n) is 2.77. The summed E-state index contributed by atoms with van der Waals surface area (Å²) in [5.74, 6) is 0.812. The molecule has 0 amide bonds. The van der Waals surface area contributed by atoms with Gasteiger partial charge in [-0.1, -0.05) is 6.42 Å². The maximum atomic E-state index is 5.80. The number of alkyl halides is 1. The van der Waals surface area contributed by atoms with Gasteiger partial charge in [0.2, 0.25) is 0 Å². The van der Waals surface area contributed by atoms with Crippen LogP contribution in [0.25, 0.3) is 0 Å². The fraction of sp³-hybridized carbons (Fsp3) is 1.00. The molecule has 2 aliphatic rings. The minimum Gasteiger partial charge on any atom is -0.302 e. The van der Waals surface area contributed by atoms with Crippen molar-refractivity contribution in [3.63, 3.8) is 0 Å². The van der Waals surface area contributed by atoms with Crippen molar-refractivity contribution in [1.29, 1.82) is 0 Å². The lowest BCUT2D eigenvalue weighted by atomic mass is 9.91. The van der Waals surface area contributed by atoms with E-state index in [1.807, 2.05) is 0 Å². The van der Waals surface area contributed by atoms with Crippen LogP contribution < -0.4 is 0 Å². The molecule has 2 fully saturated rings. The number of rotatable bonds is 7. The van der Waals surface area contributed by atoms with Crippen molar-refractivity contribution in [2.45, 2.75) is 44.6 Å². The highest BCUT2D eigenvalue weighted by molar-refractivity contribution is 6.17. The summed E-state index contributed by atoms with van der Waals surface area (Å²) in [6.07, 6.45) is 8.24. The van der Waals surface area contributed by atoms with E-state index in [0.717, 1.165) is 18.3 Å². The number of halogens is 1. The molecule has 1 aliphatic heterocycles. The summed E-state index contributed by atoms with van der Waals surface area (Å²) in [7, 11) is 0. The summed E-state index contributed by atoms with van der Waals surface area (Å²) in [4.78, 5) is 5.30. The molecule has 0 spiro atoms. The minimum absolute atomic E-state index is 0.812. The van der Waals surface area contributed by atoms with Gasteiger partial charge in [0.15, 0.2) is 0 Å². The summed E-state index contributed by atoms with van der Waals surface area (Å²) >= 11 is 5.80. The van der Waals surface area contributed by atoms with Crippen molar-refractivity contribution >= 4 is 11.6 Å². The predicted molar refractivity (Wildman–Crippen MR) is 70.2 cm³/mol. The fourth-order valence-corrected chi connectivity index (χ4v) is 2.89. The number of hydrogen-bond acceptors (Lipinski definition) is 2. The molecule has 2 rings (SSSR count). The van der Waals surface area contributed by atoms with Gasteiger partial charge in [-0.15, -0.1) is 11.6 Å². The first-order valence-corrected chi connectivity index (χ1v) is 7.46. The molecule has 0 radical (unpaired) electrons. The van der Waals surface area contributed by atoms with Crippen LogP contribution in [0, 0.1) is 0 Å². The molecule has 3 heteroatoms. The Bertz CT molecular complexity index is 188. The zero-order valence-corrected chi connectivity index (χ0v) is 11.1. The second-order valence-corrected chi connectivity index (χ2v) is 5.59. The lowest BCUT2D eigenvalue weighted by molar-refractivity contribution is 0.114. The summed E-state index contributed by atoms with van der Waals surface area (Å²) < 4.78 is 0. The highest BCUT2D eigenvalue weighted by Crippen LogP contribution is 2.25. The van der Waals surface area contributed by atoms with Crippen LogP contribution in [0.3, 0.4) is 0 Å². The van der Waals surface area contributed by atoms with Gasteiger partial charge in [-0.05, 0) is 51.7 Å². The van der Waals surface area contributed by atoms with Gasteiger partial charge in [-0.3, -0.25) is 4.90 Å². The second kappa shape index (κ2) is 6.83. The van der Waals surface area contributed by atoms with Crippen molar-refractivity contribution in [2.24, 2.45) is 0 Å². The molecule has 1 saturated carbocycles. The first-order valence-electron chi connectivity index (χ1n) is 6.92. The molecule has 0 N–H and O–H groups in total. The van der Waals surface area contributed by atoms with Gasteiger partial charge in [0.25, 0.3) is 0 Å². The Morgan fingerprint density at radius 1 is 1.06 bits per heavy atom. The summed E-state index contributed by atoms with van der Waals surface area (Å²) in [6.45, 7) is 6.41. The maximum Gasteiger partial charge on any atom is 0.0235 e. The lowest BCUT2D eigenvalue weighted by Gasteiger charge is -2.38. The monoisotopic (exact) mass is 244 g/mol. The van der Waals surface area contributed by atoms with Crippen LogP contribution >= 0.6 is 11.6 Å². The first kappa shape index (κ1) is 12.7. The molecule has 1 heterocycles. The summed E-state index contributed by atoms with van der Waals surface area (Å²) in [5.41, 5.74) is 0. The van der Waals surface area contributed by atoms with E-state index in [1.54, 1.807) is 0 Å². The van der Waals surface area contributed by atoms with E-state index in [9.17, 15) is 0 Å². The average Bonchev–Trinajstić information content (AvgIpc) is 2.72. The quantitative estimate of drug-likeness (QED) is 0.636. The Morgan fingerprint density at radius 2 is 1.81 bits per heavy atom. The van der Waals surface area contributed by atoms with Crippen molar-refractivity contribution < 1.29 is 0 Å². The number of nitrogens with zero attached hydrogens (tertiary/aromatic N) is 2. The molecule has 0 aromatic rings.